The second kappa shape index (κ2) is 5.89. The van der Waals surface area contributed by atoms with E-state index in [1.807, 2.05) is 18.4 Å². The van der Waals surface area contributed by atoms with Crippen molar-refractivity contribution in [3.05, 3.63) is 11.5 Å². The number of hydrogen-bond acceptors (Lipinski definition) is 2. The Morgan fingerprint density at radius 2 is 2.33 bits per heavy atom. The van der Waals surface area contributed by atoms with Crippen LogP contribution in [0.1, 0.15) is 20.3 Å². The van der Waals surface area contributed by atoms with Crippen LogP contribution in [0.25, 0.3) is 0 Å². The predicted molar refractivity (Wildman–Crippen MR) is 42.6 cm³/mol. The molecule has 0 aliphatic carbocycles. The van der Waals surface area contributed by atoms with Crippen molar-refractivity contribution in [1.82, 2.24) is 0 Å². The van der Waals surface area contributed by atoms with Crippen LogP contribution in [-0.2, 0) is 4.79 Å². The third-order valence-corrected chi connectivity index (χ3v) is 1.71. The number of rotatable bonds is 4. The summed E-state index contributed by atoms with van der Waals surface area (Å²) in [5.41, 5.74) is 0. The highest BCUT2D eigenvalue weighted by Gasteiger charge is 1.89. The molecule has 0 unspecified atom stereocenters. The lowest BCUT2D eigenvalue weighted by molar-refractivity contribution is -0.116. The van der Waals surface area contributed by atoms with Gasteiger partial charge in [-0.2, -0.15) is 0 Å². The number of hydrogen-bond donors (Lipinski definition) is 0. The lowest BCUT2D eigenvalue weighted by Gasteiger charge is -1.89. The number of allylic oxidation sites excluding steroid dienone is 1. The highest BCUT2D eigenvalue weighted by Crippen LogP contribution is 2.03. The van der Waals surface area contributed by atoms with E-state index in [1.54, 1.807) is 18.7 Å². The van der Waals surface area contributed by atoms with Gasteiger partial charge in [0, 0.05) is 12.2 Å². The van der Waals surface area contributed by atoms with Gasteiger partial charge in [-0.05, 0) is 19.3 Å². The molecule has 0 spiro atoms. The molecular formula is C7H12OS. The van der Waals surface area contributed by atoms with Gasteiger partial charge >= 0.3 is 0 Å². The van der Waals surface area contributed by atoms with E-state index >= 15 is 0 Å². The fourth-order valence-electron chi connectivity index (χ4n) is 0.367. The topological polar surface area (TPSA) is 17.1 Å². The number of carbonyl (C=O) groups is 1. The number of carbonyl (C=O) groups excluding carboxylic acids is 1. The van der Waals surface area contributed by atoms with Crippen LogP contribution in [0.2, 0.25) is 0 Å². The maximum Gasteiger partial charge on any atom is 0.130 e. The van der Waals surface area contributed by atoms with Gasteiger partial charge in [-0.3, -0.25) is 4.79 Å². The molecular weight excluding hydrogens is 132 g/mol. The Kier molecular flexibility index (Phi) is 5.73. The van der Waals surface area contributed by atoms with Crippen molar-refractivity contribution in [2.75, 3.05) is 5.75 Å². The fraction of sp³-hybridized carbons (Fsp3) is 0.571. The van der Waals surface area contributed by atoms with Gasteiger partial charge in [0.05, 0.1) is 0 Å². The number of ketones is 1. The molecule has 0 rings (SSSR count). The quantitative estimate of drug-likeness (QED) is 0.563. The van der Waals surface area contributed by atoms with Gasteiger partial charge in [-0.15, -0.1) is 11.8 Å². The van der Waals surface area contributed by atoms with Crippen molar-refractivity contribution in [2.24, 2.45) is 0 Å². The van der Waals surface area contributed by atoms with E-state index in [-0.39, 0.29) is 5.78 Å². The predicted octanol–water partition coefficient (Wildman–Crippen LogP) is 2.23. The second-order valence-electron chi connectivity index (χ2n) is 1.79. The molecule has 0 saturated heterocycles. The Labute approximate surface area is 60.5 Å². The van der Waals surface area contributed by atoms with Crippen LogP contribution in [-0.4, -0.2) is 11.5 Å². The molecule has 0 radical (unpaired) electrons. The van der Waals surface area contributed by atoms with Crippen LogP contribution in [0, 0.1) is 0 Å². The fourth-order valence-corrected chi connectivity index (χ4v) is 1.10. The van der Waals surface area contributed by atoms with Crippen molar-refractivity contribution in [1.29, 1.82) is 0 Å². The molecule has 2 heteroatoms. The Morgan fingerprint density at radius 3 is 2.78 bits per heavy atom. The van der Waals surface area contributed by atoms with Crippen LogP contribution in [0.5, 0.6) is 0 Å². The molecule has 0 amide bonds. The van der Waals surface area contributed by atoms with Gasteiger partial charge in [0.15, 0.2) is 0 Å². The molecule has 0 N–H and O–H groups in total. The zero-order valence-corrected chi connectivity index (χ0v) is 6.70. The number of thioether (sulfide) groups is 1. The molecule has 0 aliphatic rings. The lowest BCUT2D eigenvalue weighted by Crippen LogP contribution is -1.89. The lowest BCUT2D eigenvalue weighted by atomic mass is 10.4. The third kappa shape index (κ3) is 7.76. The molecule has 0 fully saturated rings. The van der Waals surface area contributed by atoms with E-state index < -0.39 is 0 Å². The van der Waals surface area contributed by atoms with E-state index in [2.05, 4.69) is 0 Å². The van der Waals surface area contributed by atoms with Crippen LogP contribution >= 0.6 is 11.8 Å². The minimum absolute atomic E-state index is 0.270. The van der Waals surface area contributed by atoms with Crippen molar-refractivity contribution in [3.8, 4) is 0 Å². The van der Waals surface area contributed by atoms with Crippen LogP contribution in [0.4, 0.5) is 0 Å². The first-order valence-electron chi connectivity index (χ1n) is 2.99. The first-order valence-corrected chi connectivity index (χ1v) is 4.04. The molecule has 0 saturated carbocycles. The summed E-state index contributed by atoms with van der Waals surface area (Å²) in [6, 6.07) is 0. The average molecular weight is 144 g/mol. The Bertz CT molecular complexity index is 107. The number of Topliss-reactive ketones (excluding diaryl/α,β-unsaturated/α-hetero) is 1. The molecule has 0 aromatic rings. The van der Waals surface area contributed by atoms with E-state index in [0.717, 1.165) is 5.75 Å². The summed E-state index contributed by atoms with van der Waals surface area (Å²) in [6.07, 6.45) is 2.67. The molecule has 0 atom stereocenters. The molecule has 0 aromatic heterocycles. The molecule has 0 heterocycles. The summed E-state index contributed by atoms with van der Waals surface area (Å²) in [7, 11) is 0. The highest BCUT2D eigenvalue weighted by atomic mass is 32.2. The first-order chi connectivity index (χ1) is 4.27. The van der Waals surface area contributed by atoms with Crippen molar-refractivity contribution < 1.29 is 4.79 Å². The Morgan fingerprint density at radius 1 is 1.67 bits per heavy atom. The summed E-state index contributed by atoms with van der Waals surface area (Å²) >= 11 is 1.68. The van der Waals surface area contributed by atoms with Crippen LogP contribution in [0.15, 0.2) is 11.5 Å². The largest absolute Gasteiger partial charge is 0.300 e. The van der Waals surface area contributed by atoms with Crippen LogP contribution < -0.4 is 0 Å². The van der Waals surface area contributed by atoms with Gasteiger partial charge in [-0.1, -0.05) is 6.08 Å². The summed E-state index contributed by atoms with van der Waals surface area (Å²) in [6.45, 7) is 3.59. The summed E-state index contributed by atoms with van der Waals surface area (Å²) < 4.78 is 0. The first kappa shape index (κ1) is 8.76. The second-order valence-corrected chi connectivity index (χ2v) is 2.81. The minimum atomic E-state index is 0.270. The zero-order chi connectivity index (χ0) is 7.11. The van der Waals surface area contributed by atoms with Crippen LogP contribution in [0.3, 0.4) is 0 Å². The smallest absolute Gasteiger partial charge is 0.130 e. The summed E-state index contributed by atoms with van der Waals surface area (Å²) in [5.74, 6) is 1.19. The van der Waals surface area contributed by atoms with Gasteiger partial charge in [0.1, 0.15) is 5.78 Å². The normalized spacial score (nSPS) is 10.4. The minimum Gasteiger partial charge on any atom is -0.300 e. The van der Waals surface area contributed by atoms with Gasteiger partial charge < -0.3 is 0 Å². The molecule has 9 heavy (non-hydrogen) atoms. The Balaban J connectivity index is 3.01. The van der Waals surface area contributed by atoms with Crippen molar-refractivity contribution in [2.45, 2.75) is 20.3 Å². The van der Waals surface area contributed by atoms with Gasteiger partial charge in [-0.25, -0.2) is 0 Å². The summed E-state index contributed by atoms with van der Waals surface area (Å²) in [4.78, 5) is 10.4. The third-order valence-electron chi connectivity index (χ3n) is 0.804. The van der Waals surface area contributed by atoms with Crippen molar-refractivity contribution >= 4 is 17.5 Å². The molecule has 0 aliphatic heterocycles. The Hall–Kier alpha value is -0.240. The zero-order valence-electron chi connectivity index (χ0n) is 5.89. The SMILES string of the molecule is C/C=C\SCCC(C)=O. The van der Waals surface area contributed by atoms with Crippen molar-refractivity contribution in [3.63, 3.8) is 0 Å². The van der Waals surface area contributed by atoms with E-state index in [0.29, 0.717) is 6.42 Å². The summed E-state index contributed by atoms with van der Waals surface area (Å²) in [5, 5.41) is 2.00. The standard InChI is InChI=1S/C7H12OS/c1-3-5-9-6-4-7(2)8/h3,5H,4,6H2,1-2H3/b5-3-. The maximum absolute atomic E-state index is 10.4. The molecule has 1 nitrogen and oxygen atoms in total. The molecule has 0 bridgehead atoms. The molecule has 52 valence electrons. The van der Waals surface area contributed by atoms with E-state index in [4.69, 9.17) is 0 Å². The monoisotopic (exact) mass is 144 g/mol. The van der Waals surface area contributed by atoms with Gasteiger partial charge in [0.2, 0.25) is 0 Å². The van der Waals surface area contributed by atoms with E-state index in [9.17, 15) is 4.79 Å². The van der Waals surface area contributed by atoms with Gasteiger partial charge in [0.25, 0.3) is 0 Å². The highest BCUT2D eigenvalue weighted by molar-refractivity contribution is 8.02. The average Bonchev–Trinajstić information content (AvgIpc) is 1.80. The van der Waals surface area contributed by atoms with E-state index in [1.165, 1.54) is 0 Å². The maximum atomic E-state index is 10.4. The molecule has 0 aromatic carbocycles.